The molecule has 0 N–H and O–H groups in total. The van der Waals surface area contributed by atoms with E-state index in [0.29, 0.717) is 0 Å². The molecule has 2 aliphatic rings. The Balaban J connectivity index is 1.47. The Morgan fingerprint density at radius 2 is 1.15 bits per heavy atom. The van der Waals surface area contributed by atoms with Crippen molar-refractivity contribution in [3.8, 4) is 22.5 Å². The molecule has 0 bridgehead atoms. The maximum Gasteiger partial charge on any atom is 0.252 e. The molecule has 2 aliphatic heterocycles. The van der Waals surface area contributed by atoms with E-state index < -0.39 is 0 Å². The van der Waals surface area contributed by atoms with Crippen LogP contribution in [0.1, 0.15) is 0 Å². The fourth-order valence-electron chi connectivity index (χ4n) is 7.70. The third-order valence-electron chi connectivity index (χ3n) is 9.11. The standard InChI is InChI=1S/C36H21BN2/c1-2-10-22(11-3-1)23-13-9-19-31-33(23)26-20-21-32-34-36(26)39(31)30-18-7-5-15-27(30)37(34)28-16-8-14-25-24-12-4-6-17-29(24)38(32)35(25)28/h1-21H. The first kappa shape index (κ1) is 20.0. The maximum absolute atomic E-state index is 2.54. The van der Waals surface area contributed by atoms with E-state index in [4.69, 9.17) is 0 Å². The van der Waals surface area contributed by atoms with Gasteiger partial charge in [-0.1, -0.05) is 103 Å². The van der Waals surface area contributed by atoms with Crippen molar-refractivity contribution in [2.75, 3.05) is 0 Å². The first-order valence-electron chi connectivity index (χ1n) is 13.7. The smallest absolute Gasteiger partial charge is 0.252 e. The fraction of sp³-hybridized carbons (Fsp3) is 0. The SMILES string of the molecule is c1ccc(-c2cccc3c2c2ccc4c5c2n3-c2ccccc2B5c2cccc3c5ccccc5n-4c23)cc1. The zero-order chi connectivity index (χ0) is 25.2. The first-order chi connectivity index (χ1) is 19.4. The third-order valence-corrected chi connectivity index (χ3v) is 9.11. The van der Waals surface area contributed by atoms with Gasteiger partial charge in [-0.05, 0) is 51.8 Å². The van der Waals surface area contributed by atoms with Crippen molar-refractivity contribution in [2.24, 2.45) is 0 Å². The molecule has 2 nitrogen and oxygen atoms in total. The molecule has 178 valence electrons. The zero-order valence-electron chi connectivity index (χ0n) is 21.1. The quantitative estimate of drug-likeness (QED) is 0.226. The molecule has 8 aromatic rings. The van der Waals surface area contributed by atoms with Crippen LogP contribution < -0.4 is 16.4 Å². The van der Waals surface area contributed by atoms with E-state index in [-0.39, 0.29) is 6.71 Å². The largest absolute Gasteiger partial charge is 0.310 e. The normalized spacial score (nSPS) is 13.1. The number of hydrogen-bond acceptors (Lipinski definition) is 0. The maximum atomic E-state index is 2.54. The van der Waals surface area contributed by atoms with Crippen molar-refractivity contribution in [3.63, 3.8) is 0 Å². The second-order valence-electron chi connectivity index (χ2n) is 10.9. The molecule has 0 saturated heterocycles. The van der Waals surface area contributed by atoms with Crippen LogP contribution in [0.3, 0.4) is 0 Å². The van der Waals surface area contributed by atoms with E-state index in [0.717, 1.165) is 0 Å². The van der Waals surface area contributed by atoms with Gasteiger partial charge in [0.2, 0.25) is 0 Å². The summed E-state index contributed by atoms with van der Waals surface area (Å²) in [7, 11) is 0. The Hall–Kier alpha value is -5.02. The molecule has 6 aromatic carbocycles. The third kappa shape index (κ3) is 2.27. The van der Waals surface area contributed by atoms with Gasteiger partial charge in [0.05, 0.1) is 16.6 Å². The first-order valence-corrected chi connectivity index (χ1v) is 13.7. The van der Waals surface area contributed by atoms with Gasteiger partial charge in [-0.2, -0.15) is 0 Å². The van der Waals surface area contributed by atoms with Crippen molar-refractivity contribution in [1.29, 1.82) is 0 Å². The van der Waals surface area contributed by atoms with Gasteiger partial charge in [0, 0.05) is 38.4 Å². The number of para-hydroxylation sites is 3. The number of fused-ring (bicyclic) bond motifs is 11. The number of benzene rings is 6. The zero-order valence-corrected chi connectivity index (χ0v) is 21.1. The van der Waals surface area contributed by atoms with Gasteiger partial charge in [0.1, 0.15) is 0 Å². The molecule has 0 aliphatic carbocycles. The summed E-state index contributed by atoms with van der Waals surface area (Å²) in [5.41, 5.74) is 14.6. The van der Waals surface area contributed by atoms with E-state index in [1.54, 1.807) is 0 Å². The monoisotopic (exact) mass is 492 g/mol. The summed E-state index contributed by atoms with van der Waals surface area (Å²) in [6, 6.07) is 47.2. The number of rotatable bonds is 1. The van der Waals surface area contributed by atoms with Crippen LogP contribution >= 0.6 is 0 Å². The predicted octanol–water partition coefficient (Wildman–Crippen LogP) is 6.69. The molecule has 4 heterocycles. The topological polar surface area (TPSA) is 9.86 Å². The molecule has 0 fully saturated rings. The molecular weight excluding hydrogens is 471 g/mol. The highest BCUT2D eigenvalue weighted by atomic mass is 15.0. The molecule has 39 heavy (non-hydrogen) atoms. The average Bonchev–Trinajstić information content (AvgIpc) is 3.53. The molecular formula is C36H21BN2. The van der Waals surface area contributed by atoms with Crippen molar-refractivity contribution < 1.29 is 0 Å². The molecule has 0 radical (unpaired) electrons. The number of hydrogen-bond donors (Lipinski definition) is 0. The van der Waals surface area contributed by atoms with Crippen molar-refractivity contribution in [2.45, 2.75) is 0 Å². The minimum Gasteiger partial charge on any atom is -0.310 e. The van der Waals surface area contributed by atoms with E-state index in [9.17, 15) is 0 Å². The van der Waals surface area contributed by atoms with Gasteiger partial charge in [0.15, 0.2) is 0 Å². The van der Waals surface area contributed by atoms with Crippen LogP contribution in [-0.2, 0) is 0 Å². The highest BCUT2D eigenvalue weighted by Crippen LogP contribution is 2.42. The van der Waals surface area contributed by atoms with Gasteiger partial charge < -0.3 is 9.13 Å². The Labute approximate surface area is 225 Å². The fourth-order valence-corrected chi connectivity index (χ4v) is 7.70. The summed E-state index contributed by atoms with van der Waals surface area (Å²) in [5, 5.41) is 5.32. The minimum atomic E-state index is 0.192. The van der Waals surface area contributed by atoms with Crippen molar-refractivity contribution in [3.05, 3.63) is 127 Å². The second kappa shape index (κ2) is 6.89. The Bertz CT molecular complexity index is 2340. The average molecular weight is 492 g/mol. The molecule has 10 rings (SSSR count). The molecule has 3 heteroatoms. The summed E-state index contributed by atoms with van der Waals surface area (Å²) >= 11 is 0. The molecule has 0 amide bonds. The molecule has 0 saturated carbocycles. The Morgan fingerprint density at radius 1 is 0.436 bits per heavy atom. The summed E-state index contributed by atoms with van der Waals surface area (Å²) in [5.74, 6) is 0. The van der Waals surface area contributed by atoms with Crippen LogP contribution in [0, 0.1) is 0 Å². The summed E-state index contributed by atoms with van der Waals surface area (Å²) < 4.78 is 5.07. The lowest BCUT2D eigenvalue weighted by molar-refractivity contribution is 1.16. The predicted molar refractivity (Wildman–Crippen MR) is 165 cm³/mol. The molecule has 0 spiro atoms. The lowest BCUT2D eigenvalue weighted by atomic mass is 9.34. The summed E-state index contributed by atoms with van der Waals surface area (Å²) in [6.45, 7) is 0.192. The van der Waals surface area contributed by atoms with Gasteiger partial charge in [0.25, 0.3) is 6.71 Å². The highest BCUT2D eigenvalue weighted by Gasteiger charge is 2.40. The van der Waals surface area contributed by atoms with Gasteiger partial charge in [-0.15, -0.1) is 0 Å². The summed E-state index contributed by atoms with van der Waals surface area (Å²) in [4.78, 5) is 0. The Kier molecular flexibility index (Phi) is 3.54. The van der Waals surface area contributed by atoms with Crippen LogP contribution in [0.5, 0.6) is 0 Å². The van der Waals surface area contributed by atoms with Gasteiger partial charge in [-0.3, -0.25) is 0 Å². The second-order valence-corrected chi connectivity index (χ2v) is 10.9. The highest BCUT2D eigenvalue weighted by molar-refractivity contribution is 7.00. The lowest BCUT2D eigenvalue weighted by Gasteiger charge is -2.33. The van der Waals surface area contributed by atoms with E-state index >= 15 is 0 Å². The number of aromatic nitrogens is 2. The molecule has 2 aromatic heterocycles. The van der Waals surface area contributed by atoms with Crippen LogP contribution in [0.25, 0.3) is 66.1 Å². The minimum absolute atomic E-state index is 0.192. The van der Waals surface area contributed by atoms with Crippen LogP contribution in [0.4, 0.5) is 0 Å². The van der Waals surface area contributed by atoms with Crippen LogP contribution in [0.15, 0.2) is 127 Å². The van der Waals surface area contributed by atoms with E-state index in [1.165, 1.54) is 82.5 Å². The van der Waals surface area contributed by atoms with Crippen molar-refractivity contribution in [1.82, 2.24) is 9.13 Å². The van der Waals surface area contributed by atoms with E-state index in [1.807, 2.05) is 0 Å². The van der Waals surface area contributed by atoms with Gasteiger partial charge in [-0.25, -0.2) is 0 Å². The lowest BCUT2D eigenvalue weighted by Crippen LogP contribution is -2.59. The number of nitrogens with zero attached hydrogens (tertiary/aromatic N) is 2. The summed E-state index contributed by atoms with van der Waals surface area (Å²) in [6.07, 6.45) is 0. The van der Waals surface area contributed by atoms with Crippen LogP contribution in [0.2, 0.25) is 0 Å². The van der Waals surface area contributed by atoms with Crippen LogP contribution in [-0.4, -0.2) is 15.8 Å². The van der Waals surface area contributed by atoms with Crippen molar-refractivity contribution >= 4 is 66.7 Å². The van der Waals surface area contributed by atoms with Gasteiger partial charge >= 0.3 is 0 Å². The Morgan fingerprint density at radius 3 is 2.10 bits per heavy atom. The molecule has 0 atom stereocenters. The van der Waals surface area contributed by atoms with E-state index in [2.05, 4.69) is 137 Å². The molecule has 0 unspecified atom stereocenters.